The number of nitrogens with one attached hydrogen (secondary N) is 1. The summed E-state index contributed by atoms with van der Waals surface area (Å²) in [4.78, 5) is 29.0. The second-order valence-electron chi connectivity index (χ2n) is 5.82. The van der Waals surface area contributed by atoms with Crippen LogP contribution in [0.4, 0.5) is 10.1 Å². The Balaban J connectivity index is 1.47. The van der Waals surface area contributed by atoms with Crippen molar-refractivity contribution >= 4 is 40.7 Å². The summed E-state index contributed by atoms with van der Waals surface area (Å²) < 4.78 is 19.6. The average Bonchev–Trinajstić information content (AvgIpc) is 3.07. The summed E-state index contributed by atoms with van der Waals surface area (Å²) in [5.41, 5.74) is 1.23. The van der Waals surface area contributed by atoms with E-state index in [0.29, 0.717) is 29.7 Å². The van der Waals surface area contributed by atoms with E-state index in [1.165, 1.54) is 35.2 Å². The van der Waals surface area contributed by atoms with Gasteiger partial charge < -0.3 is 20.1 Å². The fourth-order valence-electron chi connectivity index (χ4n) is 2.58. The molecule has 2 aromatic rings. The number of hydrogen-bond donors (Lipinski definition) is 2. The summed E-state index contributed by atoms with van der Waals surface area (Å²) in [6.07, 6.45) is -0.608. The molecule has 7 nitrogen and oxygen atoms in total. The lowest BCUT2D eigenvalue weighted by Crippen LogP contribution is -2.51. The van der Waals surface area contributed by atoms with Gasteiger partial charge >= 0.3 is 5.97 Å². The van der Waals surface area contributed by atoms with Crippen LogP contribution in [0.25, 0.3) is 0 Å². The van der Waals surface area contributed by atoms with Crippen molar-refractivity contribution in [1.82, 2.24) is 10.3 Å². The predicted octanol–water partition coefficient (Wildman–Crippen LogP) is 1.98. The normalized spacial score (nSPS) is 16.9. The highest BCUT2D eigenvalue weighted by molar-refractivity contribution is 8.01. The quantitative estimate of drug-likeness (QED) is 0.673. The average molecular weight is 411 g/mol. The molecule has 1 unspecified atom stereocenters. The number of halogens is 1. The van der Waals surface area contributed by atoms with Crippen molar-refractivity contribution in [3.63, 3.8) is 0 Å². The van der Waals surface area contributed by atoms with Crippen molar-refractivity contribution in [2.75, 3.05) is 30.3 Å². The van der Waals surface area contributed by atoms with E-state index in [2.05, 4.69) is 10.3 Å². The topological polar surface area (TPSA) is 91.8 Å². The number of rotatable bonds is 7. The van der Waals surface area contributed by atoms with Crippen molar-refractivity contribution < 1.29 is 23.8 Å². The standard InChI is InChI=1S/C17H18FN3O4S2/c18-11-2-1-3-13(6-11)21-4-5-25-15(8-21)20-14(22)10-27-17-19-12(9-26-17)7-16(23)24/h1-3,6,9,15H,4-5,7-8,10H2,(H,20,22)(H,23,24). The number of aromatic nitrogens is 1. The highest BCUT2D eigenvalue weighted by atomic mass is 32.2. The first-order valence-corrected chi connectivity index (χ1v) is 10.1. The summed E-state index contributed by atoms with van der Waals surface area (Å²) in [7, 11) is 0. The largest absolute Gasteiger partial charge is 0.481 e. The van der Waals surface area contributed by atoms with Crippen LogP contribution in [0.2, 0.25) is 0 Å². The number of benzene rings is 1. The lowest BCUT2D eigenvalue weighted by atomic mass is 10.2. The molecule has 10 heteroatoms. The van der Waals surface area contributed by atoms with E-state index in [9.17, 15) is 14.0 Å². The van der Waals surface area contributed by atoms with Crippen molar-refractivity contribution in [3.8, 4) is 0 Å². The molecular formula is C17H18FN3O4S2. The van der Waals surface area contributed by atoms with Crippen LogP contribution in [0.5, 0.6) is 0 Å². The minimum Gasteiger partial charge on any atom is -0.481 e. The molecule has 1 saturated heterocycles. The van der Waals surface area contributed by atoms with Gasteiger partial charge in [-0.3, -0.25) is 9.59 Å². The maximum atomic E-state index is 13.4. The number of nitrogens with zero attached hydrogens (tertiary/aromatic N) is 2. The zero-order valence-electron chi connectivity index (χ0n) is 14.3. The van der Waals surface area contributed by atoms with Crippen LogP contribution in [0, 0.1) is 5.82 Å². The van der Waals surface area contributed by atoms with Gasteiger partial charge in [-0.1, -0.05) is 17.8 Å². The maximum Gasteiger partial charge on any atom is 0.309 e. The number of carboxylic acid groups (broad SMARTS) is 1. The maximum absolute atomic E-state index is 13.4. The third kappa shape index (κ3) is 5.91. The van der Waals surface area contributed by atoms with Gasteiger partial charge in [0.1, 0.15) is 12.0 Å². The van der Waals surface area contributed by atoms with Gasteiger partial charge in [0, 0.05) is 17.6 Å². The molecule has 0 spiro atoms. The third-order valence-corrected chi connectivity index (χ3v) is 5.82. The Morgan fingerprint density at radius 2 is 2.33 bits per heavy atom. The van der Waals surface area contributed by atoms with Crippen molar-refractivity contribution in [2.24, 2.45) is 0 Å². The molecule has 1 aromatic heterocycles. The number of hydrogen-bond acceptors (Lipinski definition) is 7. The van der Waals surface area contributed by atoms with Gasteiger partial charge in [-0.2, -0.15) is 0 Å². The van der Waals surface area contributed by atoms with Crippen LogP contribution in [-0.4, -0.2) is 53.6 Å². The van der Waals surface area contributed by atoms with Crippen LogP contribution in [-0.2, 0) is 20.7 Å². The highest BCUT2D eigenvalue weighted by Gasteiger charge is 2.22. The summed E-state index contributed by atoms with van der Waals surface area (Å²) in [5.74, 6) is -1.30. The molecule has 1 fully saturated rings. The first-order chi connectivity index (χ1) is 13.0. The molecule has 27 heavy (non-hydrogen) atoms. The third-order valence-electron chi connectivity index (χ3n) is 3.75. The second-order valence-corrected chi connectivity index (χ2v) is 7.90. The van der Waals surface area contributed by atoms with Gasteiger partial charge in [0.2, 0.25) is 5.91 Å². The molecular weight excluding hydrogens is 393 g/mol. The molecule has 3 rings (SSSR count). The Morgan fingerprint density at radius 3 is 3.11 bits per heavy atom. The number of thiazole rings is 1. The molecule has 1 aliphatic heterocycles. The highest BCUT2D eigenvalue weighted by Crippen LogP contribution is 2.23. The van der Waals surface area contributed by atoms with Gasteiger partial charge in [-0.25, -0.2) is 9.37 Å². The van der Waals surface area contributed by atoms with Crippen LogP contribution in [0.1, 0.15) is 5.69 Å². The molecule has 1 amide bonds. The van der Waals surface area contributed by atoms with E-state index in [1.54, 1.807) is 11.4 Å². The molecule has 2 heterocycles. The Kier molecular flexibility index (Phi) is 6.64. The summed E-state index contributed by atoms with van der Waals surface area (Å²) in [6.45, 7) is 1.48. The monoisotopic (exact) mass is 411 g/mol. The predicted molar refractivity (Wildman–Crippen MR) is 101 cm³/mol. The summed E-state index contributed by atoms with van der Waals surface area (Å²) in [6, 6.07) is 6.31. The molecule has 0 aliphatic carbocycles. The number of carboxylic acids is 1. The minimum atomic E-state index is -0.938. The fraction of sp³-hybridized carbons (Fsp3) is 0.353. The van der Waals surface area contributed by atoms with E-state index in [-0.39, 0.29) is 23.9 Å². The van der Waals surface area contributed by atoms with E-state index in [1.807, 2.05) is 11.0 Å². The number of carbonyl (C=O) groups excluding carboxylic acids is 1. The van der Waals surface area contributed by atoms with Crippen molar-refractivity contribution in [3.05, 3.63) is 41.2 Å². The van der Waals surface area contributed by atoms with Crippen LogP contribution < -0.4 is 10.2 Å². The molecule has 1 aliphatic rings. The number of anilines is 1. The zero-order valence-corrected chi connectivity index (χ0v) is 15.9. The van der Waals surface area contributed by atoms with E-state index in [4.69, 9.17) is 9.84 Å². The molecule has 1 aromatic carbocycles. The molecule has 1 atom stereocenters. The fourth-order valence-corrected chi connectivity index (χ4v) is 4.24. The number of thioether (sulfide) groups is 1. The number of ether oxygens (including phenoxy) is 1. The molecule has 2 N–H and O–H groups in total. The minimum absolute atomic E-state index is 0.130. The van der Waals surface area contributed by atoms with Crippen LogP contribution in [0.3, 0.4) is 0 Å². The lowest BCUT2D eigenvalue weighted by Gasteiger charge is -2.34. The molecule has 144 valence electrons. The number of morpholine rings is 1. The van der Waals surface area contributed by atoms with Gasteiger partial charge in [0.25, 0.3) is 0 Å². The SMILES string of the molecule is O=C(O)Cc1csc(SCC(=O)NC2CN(c3cccc(F)c3)CCO2)n1. The smallest absolute Gasteiger partial charge is 0.309 e. The summed E-state index contributed by atoms with van der Waals surface area (Å²) in [5, 5.41) is 13.2. The lowest BCUT2D eigenvalue weighted by molar-refractivity contribution is -0.136. The number of aliphatic carboxylic acids is 1. The molecule has 0 saturated carbocycles. The number of carbonyl (C=O) groups is 2. The Hall–Kier alpha value is -2.17. The van der Waals surface area contributed by atoms with Crippen molar-refractivity contribution in [1.29, 1.82) is 0 Å². The van der Waals surface area contributed by atoms with Gasteiger partial charge in [0.15, 0.2) is 4.34 Å². The number of amides is 1. The van der Waals surface area contributed by atoms with Gasteiger partial charge in [0.05, 0.1) is 31.0 Å². The van der Waals surface area contributed by atoms with Gasteiger partial charge in [-0.05, 0) is 18.2 Å². The molecule has 0 bridgehead atoms. The van der Waals surface area contributed by atoms with E-state index in [0.717, 1.165) is 5.69 Å². The van der Waals surface area contributed by atoms with Crippen LogP contribution >= 0.6 is 23.1 Å². The van der Waals surface area contributed by atoms with Gasteiger partial charge in [-0.15, -0.1) is 11.3 Å². The zero-order chi connectivity index (χ0) is 19.2. The Morgan fingerprint density at radius 1 is 1.48 bits per heavy atom. The summed E-state index contributed by atoms with van der Waals surface area (Å²) >= 11 is 2.56. The van der Waals surface area contributed by atoms with E-state index >= 15 is 0 Å². The molecule has 0 radical (unpaired) electrons. The van der Waals surface area contributed by atoms with Crippen molar-refractivity contribution in [2.45, 2.75) is 17.0 Å². The first kappa shape index (κ1) is 19.6. The Bertz CT molecular complexity index is 817. The Labute approximate surface area is 163 Å². The van der Waals surface area contributed by atoms with Crippen LogP contribution in [0.15, 0.2) is 34.0 Å². The first-order valence-electron chi connectivity index (χ1n) is 8.20. The van der Waals surface area contributed by atoms with E-state index < -0.39 is 12.2 Å². The second kappa shape index (κ2) is 9.16.